The van der Waals surface area contributed by atoms with Crippen molar-refractivity contribution in [3.8, 4) is 0 Å². The molecular weight excluding hydrogens is 228 g/mol. The third-order valence-electron chi connectivity index (χ3n) is 1.94. The summed E-state index contributed by atoms with van der Waals surface area (Å²) in [5.41, 5.74) is 0.266. The molecule has 0 aliphatic heterocycles. The van der Waals surface area contributed by atoms with Crippen LogP contribution in [0.1, 0.15) is 10.5 Å². The van der Waals surface area contributed by atoms with Crippen molar-refractivity contribution >= 4 is 17.5 Å². The molecule has 0 aromatic carbocycles. The van der Waals surface area contributed by atoms with Crippen LogP contribution in [0.4, 0.5) is 0 Å². The molecular formula is C11H13ClN2O2. The number of pyridine rings is 1. The highest BCUT2D eigenvalue weighted by Gasteiger charge is 2.15. The van der Waals surface area contributed by atoms with Crippen LogP contribution in [0.5, 0.6) is 0 Å². The third kappa shape index (κ3) is 3.32. The number of aromatic nitrogens is 1. The van der Waals surface area contributed by atoms with Crippen molar-refractivity contribution in [2.24, 2.45) is 0 Å². The molecule has 0 aliphatic carbocycles. The van der Waals surface area contributed by atoms with Crippen LogP contribution >= 0.6 is 11.6 Å². The highest BCUT2D eigenvalue weighted by atomic mass is 35.5. The third-order valence-corrected chi connectivity index (χ3v) is 2.15. The zero-order valence-electron chi connectivity index (χ0n) is 8.77. The first-order chi connectivity index (χ1) is 7.69. The van der Waals surface area contributed by atoms with Crippen LogP contribution in [0.15, 0.2) is 30.9 Å². The van der Waals surface area contributed by atoms with Crippen molar-refractivity contribution in [2.45, 2.75) is 0 Å². The summed E-state index contributed by atoms with van der Waals surface area (Å²) in [6, 6.07) is 4.84. The van der Waals surface area contributed by atoms with Crippen LogP contribution in [0.2, 0.25) is 5.15 Å². The molecule has 1 aromatic rings. The smallest absolute Gasteiger partial charge is 0.272 e. The van der Waals surface area contributed by atoms with Crippen LogP contribution in [0.25, 0.3) is 0 Å². The Morgan fingerprint density at radius 3 is 2.94 bits per heavy atom. The van der Waals surface area contributed by atoms with E-state index < -0.39 is 0 Å². The first-order valence-electron chi connectivity index (χ1n) is 4.82. The molecule has 0 saturated carbocycles. The molecule has 5 heteroatoms. The van der Waals surface area contributed by atoms with E-state index >= 15 is 0 Å². The van der Waals surface area contributed by atoms with Gasteiger partial charge in [0.2, 0.25) is 0 Å². The van der Waals surface area contributed by atoms with Crippen LogP contribution < -0.4 is 0 Å². The molecule has 0 aliphatic rings. The van der Waals surface area contributed by atoms with Gasteiger partial charge in [0.15, 0.2) is 0 Å². The maximum absolute atomic E-state index is 11.9. The number of hydrogen-bond donors (Lipinski definition) is 1. The topological polar surface area (TPSA) is 53.4 Å². The number of aliphatic hydroxyl groups is 1. The molecule has 0 saturated heterocycles. The zero-order chi connectivity index (χ0) is 12.0. The van der Waals surface area contributed by atoms with Gasteiger partial charge >= 0.3 is 0 Å². The van der Waals surface area contributed by atoms with Gasteiger partial charge < -0.3 is 10.0 Å². The lowest BCUT2D eigenvalue weighted by Gasteiger charge is -2.19. The lowest BCUT2D eigenvalue weighted by Crippen LogP contribution is -2.34. The molecule has 4 nitrogen and oxygen atoms in total. The Bertz CT molecular complexity index is 382. The van der Waals surface area contributed by atoms with E-state index in [2.05, 4.69) is 11.6 Å². The average molecular weight is 241 g/mol. The van der Waals surface area contributed by atoms with Crippen LogP contribution in [0.3, 0.4) is 0 Å². The maximum Gasteiger partial charge on any atom is 0.272 e. The largest absolute Gasteiger partial charge is 0.395 e. The molecule has 1 heterocycles. The summed E-state index contributed by atoms with van der Waals surface area (Å²) in [6.07, 6.45) is 1.60. The molecule has 1 amide bonds. The summed E-state index contributed by atoms with van der Waals surface area (Å²) in [7, 11) is 0. The van der Waals surface area contributed by atoms with E-state index in [9.17, 15) is 4.79 Å². The molecule has 86 valence electrons. The van der Waals surface area contributed by atoms with Gasteiger partial charge in [-0.05, 0) is 12.1 Å². The van der Waals surface area contributed by atoms with E-state index in [1.165, 1.54) is 4.90 Å². The Morgan fingerprint density at radius 1 is 1.62 bits per heavy atom. The highest BCUT2D eigenvalue weighted by molar-refractivity contribution is 6.29. The van der Waals surface area contributed by atoms with Crippen molar-refractivity contribution in [1.82, 2.24) is 9.88 Å². The fourth-order valence-corrected chi connectivity index (χ4v) is 1.41. The van der Waals surface area contributed by atoms with E-state index in [0.29, 0.717) is 6.54 Å². The Labute approximate surface area is 99.2 Å². The van der Waals surface area contributed by atoms with Gasteiger partial charge in [-0.15, -0.1) is 6.58 Å². The Hall–Kier alpha value is -1.39. The highest BCUT2D eigenvalue weighted by Crippen LogP contribution is 2.07. The molecule has 1 aromatic heterocycles. The minimum absolute atomic E-state index is 0.0971. The number of amides is 1. The maximum atomic E-state index is 11.9. The Kier molecular flexibility index (Phi) is 4.95. The van der Waals surface area contributed by atoms with Gasteiger partial charge in [-0.3, -0.25) is 4.79 Å². The summed E-state index contributed by atoms with van der Waals surface area (Å²) >= 11 is 5.70. The van der Waals surface area contributed by atoms with E-state index in [-0.39, 0.29) is 29.9 Å². The van der Waals surface area contributed by atoms with Gasteiger partial charge in [0.1, 0.15) is 10.8 Å². The molecule has 0 atom stereocenters. The van der Waals surface area contributed by atoms with Gasteiger partial charge in [0.05, 0.1) is 6.61 Å². The first-order valence-corrected chi connectivity index (χ1v) is 5.20. The summed E-state index contributed by atoms with van der Waals surface area (Å²) in [5, 5.41) is 9.11. The number of carbonyl (C=O) groups is 1. The SMILES string of the molecule is C=CCN(CCO)C(=O)c1cccc(Cl)n1. The molecule has 0 spiro atoms. The summed E-state index contributed by atoms with van der Waals surface area (Å²) in [5.74, 6) is -0.267. The molecule has 0 radical (unpaired) electrons. The average Bonchev–Trinajstić information content (AvgIpc) is 2.28. The lowest BCUT2D eigenvalue weighted by atomic mass is 10.3. The monoisotopic (exact) mass is 240 g/mol. The van der Waals surface area contributed by atoms with Crippen molar-refractivity contribution < 1.29 is 9.90 Å². The standard InChI is InChI=1S/C11H13ClN2O2/c1-2-6-14(7-8-15)11(16)9-4-3-5-10(12)13-9/h2-5,15H,1,6-8H2. The Morgan fingerprint density at radius 2 is 2.38 bits per heavy atom. The van der Waals surface area contributed by atoms with Gasteiger partial charge in [0.25, 0.3) is 5.91 Å². The molecule has 0 unspecified atom stereocenters. The molecule has 16 heavy (non-hydrogen) atoms. The number of hydrogen-bond acceptors (Lipinski definition) is 3. The van der Waals surface area contributed by atoms with Crippen molar-refractivity contribution in [3.05, 3.63) is 41.7 Å². The summed E-state index contributed by atoms with van der Waals surface area (Å²) in [4.78, 5) is 17.3. The van der Waals surface area contributed by atoms with Crippen molar-refractivity contribution in [1.29, 1.82) is 0 Å². The second-order valence-electron chi connectivity index (χ2n) is 3.11. The number of rotatable bonds is 5. The number of nitrogens with zero attached hydrogens (tertiary/aromatic N) is 2. The molecule has 1 N–H and O–H groups in total. The van der Waals surface area contributed by atoms with Crippen LogP contribution in [-0.2, 0) is 0 Å². The van der Waals surface area contributed by atoms with E-state index in [1.807, 2.05) is 0 Å². The predicted molar refractivity (Wildman–Crippen MR) is 62.4 cm³/mol. The summed E-state index contributed by atoms with van der Waals surface area (Å²) < 4.78 is 0. The molecule has 0 fully saturated rings. The summed E-state index contributed by atoms with van der Waals surface area (Å²) in [6.45, 7) is 4.07. The Balaban J connectivity index is 2.85. The fraction of sp³-hybridized carbons (Fsp3) is 0.273. The number of halogens is 1. The molecule has 0 bridgehead atoms. The van der Waals surface area contributed by atoms with Crippen molar-refractivity contribution in [2.75, 3.05) is 19.7 Å². The fourth-order valence-electron chi connectivity index (χ4n) is 1.24. The van der Waals surface area contributed by atoms with Gasteiger partial charge in [-0.25, -0.2) is 4.98 Å². The van der Waals surface area contributed by atoms with E-state index in [4.69, 9.17) is 16.7 Å². The van der Waals surface area contributed by atoms with Gasteiger partial charge in [0, 0.05) is 13.1 Å². The van der Waals surface area contributed by atoms with Crippen LogP contribution in [-0.4, -0.2) is 40.6 Å². The van der Waals surface area contributed by atoms with Gasteiger partial charge in [-0.1, -0.05) is 23.7 Å². The predicted octanol–water partition coefficient (Wildman–Crippen LogP) is 1.36. The minimum Gasteiger partial charge on any atom is -0.395 e. The van der Waals surface area contributed by atoms with Crippen LogP contribution in [0, 0.1) is 0 Å². The first kappa shape index (κ1) is 12.7. The lowest BCUT2D eigenvalue weighted by molar-refractivity contribution is 0.0737. The number of aliphatic hydroxyl groups excluding tert-OH is 1. The van der Waals surface area contributed by atoms with Crippen molar-refractivity contribution in [3.63, 3.8) is 0 Å². The van der Waals surface area contributed by atoms with E-state index in [0.717, 1.165) is 0 Å². The zero-order valence-corrected chi connectivity index (χ0v) is 9.52. The van der Waals surface area contributed by atoms with E-state index in [1.54, 1.807) is 24.3 Å². The quantitative estimate of drug-likeness (QED) is 0.625. The number of carbonyl (C=O) groups excluding carboxylic acids is 1. The second-order valence-corrected chi connectivity index (χ2v) is 3.50. The normalized spacial score (nSPS) is 9.88. The second kappa shape index (κ2) is 6.25. The minimum atomic E-state index is -0.267. The molecule has 1 rings (SSSR count). The van der Waals surface area contributed by atoms with Gasteiger partial charge in [-0.2, -0.15) is 0 Å².